The molecule has 8 heteroatoms. The van der Waals surface area contributed by atoms with Gasteiger partial charge in [-0.25, -0.2) is 0 Å². The first kappa shape index (κ1) is 24.8. The van der Waals surface area contributed by atoms with Crippen molar-refractivity contribution in [3.05, 3.63) is 46.6 Å². The van der Waals surface area contributed by atoms with Crippen LogP contribution in [0.5, 0.6) is 11.5 Å². The van der Waals surface area contributed by atoms with Crippen LogP contribution in [0.4, 0.5) is 0 Å². The molecule has 0 radical (unpaired) electrons. The summed E-state index contributed by atoms with van der Waals surface area (Å²) in [5.41, 5.74) is 0.193. The van der Waals surface area contributed by atoms with Crippen molar-refractivity contribution >= 4 is 23.5 Å². The Bertz CT molecular complexity index is 982. The van der Waals surface area contributed by atoms with Gasteiger partial charge in [-0.2, -0.15) is 0 Å². The van der Waals surface area contributed by atoms with E-state index in [2.05, 4.69) is 0 Å². The van der Waals surface area contributed by atoms with Crippen molar-refractivity contribution in [2.24, 2.45) is 0 Å². The highest BCUT2D eigenvalue weighted by Crippen LogP contribution is 2.36. The third-order valence-corrected chi connectivity index (χ3v) is 4.88. The van der Waals surface area contributed by atoms with E-state index in [9.17, 15) is 29.4 Å². The SMILES string of the molecule is CCCC(CC(=O)O[C@H](CC=C(C)C)C1=CC(=O)c2c(O)ccc(O)c2C1=O)OC(C)=O. The summed E-state index contributed by atoms with van der Waals surface area (Å²) in [6.07, 6.45) is 2.10. The van der Waals surface area contributed by atoms with Crippen molar-refractivity contribution in [2.75, 3.05) is 0 Å². The number of phenols is 2. The van der Waals surface area contributed by atoms with Crippen molar-refractivity contribution in [3.8, 4) is 11.5 Å². The summed E-state index contributed by atoms with van der Waals surface area (Å²) in [6, 6.07) is 2.25. The summed E-state index contributed by atoms with van der Waals surface area (Å²) in [5.74, 6) is -3.47. The molecule has 8 nitrogen and oxygen atoms in total. The minimum Gasteiger partial charge on any atom is -0.507 e. The molecular formula is C24H28O8. The molecule has 0 bridgehead atoms. The van der Waals surface area contributed by atoms with Gasteiger partial charge < -0.3 is 19.7 Å². The summed E-state index contributed by atoms with van der Waals surface area (Å²) >= 11 is 0. The summed E-state index contributed by atoms with van der Waals surface area (Å²) < 4.78 is 10.7. The van der Waals surface area contributed by atoms with E-state index in [-0.39, 0.29) is 29.5 Å². The number of carbonyl (C=O) groups excluding carboxylic acids is 4. The van der Waals surface area contributed by atoms with Crippen LogP contribution in [0.3, 0.4) is 0 Å². The molecule has 1 aromatic rings. The lowest BCUT2D eigenvalue weighted by atomic mass is 9.85. The maximum Gasteiger partial charge on any atom is 0.310 e. The lowest BCUT2D eigenvalue weighted by Crippen LogP contribution is -2.30. The van der Waals surface area contributed by atoms with Crippen LogP contribution in [-0.4, -0.2) is 45.9 Å². The number of carbonyl (C=O) groups is 4. The van der Waals surface area contributed by atoms with Gasteiger partial charge in [0, 0.05) is 18.9 Å². The smallest absolute Gasteiger partial charge is 0.310 e. The number of rotatable bonds is 9. The zero-order valence-electron chi connectivity index (χ0n) is 18.6. The Morgan fingerprint density at radius 1 is 1.03 bits per heavy atom. The van der Waals surface area contributed by atoms with E-state index in [1.807, 2.05) is 20.8 Å². The van der Waals surface area contributed by atoms with Crippen molar-refractivity contribution in [3.63, 3.8) is 0 Å². The molecule has 0 amide bonds. The lowest BCUT2D eigenvalue weighted by molar-refractivity contribution is -0.155. The van der Waals surface area contributed by atoms with Crippen LogP contribution in [0, 0.1) is 0 Å². The quantitative estimate of drug-likeness (QED) is 0.335. The monoisotopic (exact) mass is 444 g/mol. The molecule has 1 aromatic carbocycles. The van der Waals surface area contributed by atoms with E-state index < -0.39 is 47.2 Å². The fraction of sp³-hybridized carbons (Fsp3) is 0.417. The molecule has 1 aliphatic rings. The third-order valence-electron chi connectivity index (χ3n) is 4.88. The van der Waals surface area contributed by atoms with Crippen LogP contribution in [0.1, 0.15) is 74.1 Å². The second-order valence-electron chi connectivity index (χ2n) is 7.87. The molecule has 0 spiro atoms. The highest BCUT2D eigenvalue weighted by atomic mass is 16.6. The fourth-order valence-electron chi connectivity index (χ4n) is 3.46. The zero-order valence-corrected chi connectivity index (χ0v) is 18.6. The summed E-state index contributed by atoms with van der Waals surface area (Å²) in [4.78, 5) is 49.6. The molecule has 1 unspecified atom stereocenters. The molecule has 0 heterocycles. The number of esters is 2. The lowest BCUT2D eigenvalue weighted by Gasteiger charge is -2.24. The predicted molar refractivity (Wildman–Crippen MR) is 116 cm³/mol. The number of ether oxygens (including phenoxy) is 2. The Morgan fingerprint density at radius 3 is 2.22 bits per heavy atom. The average Bonchev–Trinajstić information content (AvgIpc) is 2.69. The van der Waals surface area contributed by atoms with Crippen LogP contribution in [-0.2, 0) is 19.1 Å². The van der Waals surface area contributed by atoms with Gasteiger partial charge in [-0.1, -0.05) is 25.0 Å². The highest BCUT2D eigenvalue weighted by molar-refractivity contribution is 6.27. The second-order valence-corrected chi connectivity index (χ2v) is 7.87. The van der Waals surface area contributed by atoms with Gasteiger partial charge in [0.25, 0.3) is 0 Å². The first-order valence-corrected chi connectivity index (χ1v) is 10.4. The van der Waals surface area contributed by atoms with Gasteiger partial charge in [0.05, 0.1) is 17.5 Å². The molecule has 0 saturated heterocycles. The molecular weight excluding hydrogens is 416 g/mol. The molecule has 32 heavy (non-hydrogen) atoms. The summed E-state index contributed by atoms with van der Waals surface area (Å²) in [5, 5.41) is 20.1. The molecule has 2 atom stereocenters. The van der Waals surface area contributed by atoms with Crippen LogP contribution in [0.15, 0.2) is 35.4 Å². The van der Waals surface area contributed by atoms with Gasteiger partial charge in [-0.3, -0.25) is 19.2 Å². The molecule has 1 aliphatic carbocycles. The van der Waals surface area contributed by atoms with E-state index in [0.717, 1.165) is 23.8 Å². The van der Waals surface area contributed by atoms with Gasteiger partial charge in [0.2, 0.25) is 0 Å². The van der Waals surface area contributed by atoms with Crippen molar-refractivity contribution in [1.29, 1.82) is 0 Å². The van der Waals surface area contributed by atoms with Crippen molar-refractivity contribution in [1.82, 2.24) is 0 Å². The first-order valence-electron chi connectivity index (χ1n) is 10.4. The van der Waals surface area contributed by atoms with Crippen LogP contribution in [0.2, 0.25) is 0 Å². The number of benzene rings is 1. The largest absolute Gasteiger partial charge is 0.507 e. The van der Waals surface area contributed by atoms with E-state index >= 15 is 0 Å². The van der Waals surface area contributed by atoms with Crippen molar-refractivity contribution in [2.45, 2.75) is 65.6 Å². The number of allylic oxidation sites excluding steroid dienone is 2. The third kappa shape index (κ3) is 6.06. The first-order chi connectivity index (χ1) is 15.0. The summed E-state index contributed by atoms with van der Waals surface area (Å²) in [6.45, 7) is 6.80. The van der Waals surface area contributed by atoms with E-state index in [0.29, 0.717) is 12.8 Å². The van der Waals surface area contributed by atoms with Crippen molar-refractivity contribution < 1.29 is 38.9 Å². The minimum absolute atomic E-state index is 0.103. The Labute approximate surface area is 186 Å². The predicted octanol–water partition coefficient (Wildman–Crippen LogP) is 3.79. The molecule has 0 aliphatic heterocycles. The molecule has 0 saturated carbocycles. The molecule has 0 aromatic heterocycles. The van der Waals surface area contributed by atoms with E-state index in [1.165, 1.54) is 6.92 Å². The van der Waals surface area contributed by atoms with Gasteiger partial charge in [-0.05, 0) is 38.5 Å². The van der Waals surface area contributed by atoms with Gasteiger partial charge in [0.1, 0.15) is 23.7 Å². The van der Waals surface area contributed by atoms with Crippen LogP contribution < -0.4 is 0 Å². The normalized spacial score (nSPS) is 14.7. The summed E-state index contributed by atoms with van der Waals surface area (Å²) in [7, 11) is 0. The minimum atomic E-state index is -1.09. The van der Waals surface area contributed by atoms with Gasteiger partial charge in [0.15, 0.2) is 11.6 Å². The van der Waals surface area contributed by atoms with Gasteiger partial charge >= 0.3 is 11.9 Å². The maximum absolute atomic E-state index is 13.1. The molecule has 0 fully saturated rings. The number of hydrogen-bond acceptors (Lipinski definition) is 8. The Hall–Kier alpha value is -3.42. The Morgan fingerprint density at radius 2 is 1.66 bits per heavy atom. The molecule has 2 rings (SSSR count). The highest BCUT2D eigenvalue weighted by Gasteiger charge is 2.36. The number of hydrogen-bond donors (Lipinski definition) is 2. The van der Waals surface area contributed by atoms with Gasteiger partial charge in [-0.15, -0.1) is 0 Å². The number of Topliss-reactive ketones (excluding diaryl/α,β-unsaturated/α-hetero) is 1. The molecule has 172 valence electrons. The maximum atomic E-state index is 13.1. The van der Waals surface area contributed by atoms with E-state index in [4.69, 9.17) is 9.47 Å². The topological polar surface area (TPSA) is 127 Å². The Kier molecular flexibility index (Phi) is 8.34. The van der Waals surface area contributed by atoms with E-state index in [1.54, 1.807) is 6.08 Å². The Balaban J connectivity index is 2.35. The van der Waals surface area contributed by atoms with Crippen LogP contribution in [0.25, 0.3) is 0 Å². The number of phenolic OH excluding ortho intramolecular Hbond substituents is 2. The second kappa shape index (κ2) is 10.7. The number of ketones is 2. The number of aromatic hydroxyl groups is 2. The number of fused-ring (bicyclic) bond motifs is 1. The standard InChI is InChI=1S/C24H28O8/c1-5-6-15(31-14(4)25)11-21(29)32-20(10-7-13(2)3)16-12-19(28)22-17(26)8-9-18(27)23(22)24(16)30/h7-9,12,15,20,26-27H,5-6,10-11H2,1-4H3/t15?,20-/m1/s1. The zero-order chi connectivity index (χ0) is 24.0. The van der Waals surface area contributed by atoms with Crippen LogP contribution >= 0.6 is 0 Å². The fourth-order valence-corrected chi connectivity index (χ4v) is 3.46. The average molecular weight is 444 g/mol. The molecule has 2 N–H and O–H groups in total.